The molecule has 112 valence electrons. The molecule has 5 heteroatoms. The van der Waals surface area contributed by atoms with Crippen LogP contribution in [0, 0.1) is 0 Å². The van der Waals surface area contributed by atoms with E-state index in [0.29, 0.717) is 12.6 Å². The van der Waals surface area contributed by atoms with Gasteiger partial charge in [-0.05, 0) is 60.4 Å². The summed E-state index contributed by atoms with van der Waals surface area (Å²) in [6.45, 7) is 5.56. The van der Waals surface area contributed by atoms with Crippen LogP contribution in [0.1, 0.15) is 26.2 Å². The van der Waals surface area contributed by atoms with Crippen LogP contribution in [0.2, 0.25) is 0 Å². The van der Waals surface area contributed by atoms with Crippen molar-refractivity contribution < 1.29 is 9.53 Å². The number of likely N-dealkylation sites (tertiary alicyclic amines) is 1. The Morgan fingerprint density at radius 1 is 1.47 bits per heavy atom. The lowest BCUT2D eigenvalue weighted by molar-refractivity contribution is -0.145. The zero-order chi connectivity index (χ0) is 14.3. The Morgan fingerprint density at radius 2 is 2.11 bits per heavy atom. The van der Waals surface area contributed by atoms with Crippen LogP contribution in [0.25, 0.3) is 0 Å². The molecule has 1 fully saturated rings. The van der Waals surface area contributed by atoms with Gasteiger partial charge in [-0.15, -0.1) is 0 Å². The van der Waals surface area contributed by atoms with Gasteiger partial charge in [0.1, 0.15) is 6.04 Å². The standard InChI is InChI=1S/C14H29N3O2/c1-5-19-14(18)13(15-2)8-11-17(4)12-6-9-16(3)10-7-12/h12-13,15H,5-11H2,1-4H3. The molecule has 0 spiro atoms. The lowest BCUT2D eigenvalue weighted by atomic mass is 10.0. The first-order chi connectivity index (χ1) is 9.08. The number of piperidine rings is 1. The second-order valence-electron chi connectivity index (χ2n) is 5.40. The third-order valence-corrected chi connectivity index (χ3v) is 4.00. The zero-order valence-electron chi connectivity index (χ0n) is 12.8. The molecule has 1 aliphatic rings. The summed E-state index contributed by atoms with van der Waals surface area (Å²) >= 11 is 0. The molecule has 1 atom stereocenters. The van der Waals surface area contributed by atoms with E-state index in [1.165, 1.54) is 25.9 Å². The molecule has 1 rings (SSSR count). The van der Waals surface area contributed by atoms with E-state index in [1.807, 2.05) is 14.0 Å². The number of carbonyl (C=O) groups excluding carboxylic acids is 1. The number of ether oxygens (including phenoxy) is 1. The van der Waals surface area contributed by atoms with Gasteiger partial charge in [0.25, 0.3) is 0 Å². The summed E-state index contributed by atoms with van der Waals surface area (Å²) in [6, 6.07) is 0.463. The Kier molecular flexibility index (Phi) is 7.34. The fraction of sp³-hybridized carbons (Fsp3) is 0.929. The van der Waals surface area contributed by atoms with E-state index in [-0.39, 0.29) is 12.0 Å². The number of carbonyl (C=O) groups is 1. The largest absolute Gasteiger partial charge is 0.465 e. The van der Waals surface area contributed by atoms with Crippen molar-refractivity contribution in [2.45, 2.75) is 38.3 Å². The van der Waals surface area contributed by atoms with Gasteiger partial charge in [-0.2, -0.15) is 0 Å². The molecule has 19 heavy (non-hydrogen) atoms. The summed E-state index contributed by atoms with van der Waals surface area (Å²) in [5.41, 5.74) is 0. The van der Waals surface area contributed by atoms with Crippen LogP contribution in [0.5, 0.6) is 0 Å². The van der Waals surface area contributed by atoms with E-state index in [9.17, 15) is 4.79 Å². The topological polar surface area (TPSA) is 44.8 Å². The fourth-order valence-electron chi connectivity index (χ4n) is 2.57. The minimum absolute atomic E-state index is 0.137. The zero-order valence-corrected chi connectivity index (χ0v) is 12.8. The van der Waals surface area contributed by atoms with Crippen LogP contribution in [0.4, 0.5) is 0 Å². The van der Waals surface area contributed by atoms with E-state index in [0.717, 1.165) is 13.0 Å². The van der Waals surface area contributed by atoms with Gasteiger partial charge >= 0.3 is 5.97 Å². The average Bonchev–Trinajstić information content (AvgIpc) is 2.40. The lowest BCUT2D eigenvalue weighted by Gasteiger charge is -2.35. The molecule has 1 saturated heterocycles. The molecular weight excluding hydrogens is 242 g/mol. The predicted octanol–water partition coefficient (Wildman–Crippen LogP) is 0.554. The molecule has 0 bridgehead atoms. The van der Waals surface area contributed by atoms with E-state index in [1.54, 1.807) is 0 Å². The van der Waals surface area contributed by atoms with Crippen LogP contribution in [0.15, 0.2) is 0 Å². The summed E-state index contributed by atoms with van der Waals surface area (Å²) in [5.74, 6) is -0.137. The first-order valence-corrected chi connectivity index (χ1v) is 7.31. The van der Waals surface area contributed by atoms with Crippen molar-refractivity contribution in [2.24, 2.45) is 0 Å². The van der Waals surface area contributed by atoms with Gasteiger partial charge in [0, 0.05) is 12.6 Å². The van der Waals surface area contributed by atoms with E-state index in [4.69, 9.17) is 4.74 Å². The Bertz CT molecular complexity index is 265. The van der Waals surface area contributed by atoms with E-state index < -0.39 is 0 Å². The first kappa shape index (κ1) is 16.4. The highest BCUT2D eigenvalue weighted by atomic mass is 16.5. The molecule has 0 aromatic heterocycles. The molecule has 0 amide bonds. The fourth-order valence-corrected chi connectivity index (χ4v) is 2.57. The first-order valence-electron chi connectivity index (χ1n) is 7.31. The molecular formula is C14H29N3O2. The van der Waals surface area contributed by atoms with Crippen LogP contribution in [-0.2, 0) is 9.53 Å². The Hall–Kier alpha value is -0.650. The van der Waals surface area contributed by atoms with E-state index in [2.05, 4.69) is 29.2 Å². The molecule has 0 saturated carbocycles. The SMILES string of the molecule is CCOC(=O)C(CCN(C)C1CCN(C)CC1)NC. The second-order valence-corrected chi connectivity index (χ2v) is 5.40. The molecule has 1 aliphatic heterocycles. The number of likely N-dealkylation sites (N-methyl/N-ethyl adjacent to an activating group) is 1. The molecule has 1 heterocycles. The maximum Gasteiger partial charge on any atom is 0.323 e. The Balaban J connectivity index is 2.31. The van der Waals surface area contributed by atoms with Gasteiger partial charge in [0.2, 0.25) is 0 Å². The smallest absolute Gasteiger partial charge is 0.323 e. The van der Waals surface area contributed by atoms with Gasteiger partial charge in [-0.1, -0.05) is 0 Å². The normalized spacial score (nSPS) is 19.6. The monoisotopic (exact) mass is 271 g/mol. The third-order valence-electron chi connectivity index (χ3n) is 4.00. The van der Waals surface area contributed by atoms with Crippen LogP contribution < -0.4 is 5.32 Å². The lowest BCUT2D eigenvalue weighted by Crippen LogP contribution is -2.44. The third kappa shape index (κ3) is 5.47. The van der Waals surface area contributed by atoms with Crippen LogP contribution in [-0.4, -0.2) is 75.2 Å². The highest BCUT2D eigenvalue weighted by Gasteiger charge is 2.23. The van der Waals surface area contributed by atoms with Crippen LogP contribution in [0.3, 0.4) is 0 Å². The van der Waals surface area contributed by atoms with Gasteiger partial charge in [-0.25, -0.2) is 0 Å². The molecule has 5 nitrogen and oxygen atoms in total. The summed E-state index contributed by atoms with van der Waals surface area (Å²) in [5, 5.41) is 3.04. The van der Waals surface area contributed by atoms with Crippen molar-refractivity contribution >= 4 is 5.97 Å². The van der Waals surface area contributed by atoms with E-state index >= 15 is 0 Å². The summed E-state index contributed by atoms with van der Waals surface area (Å²) in [4.78, 5) is 16.5. The minimum Gasteiger partial charge on any atom is -0.465 e. The summed E-state index contributed by atoms with van der Waals surface area (Å²) in [6.07, 6.45) is 3.24. The maximum atomic E-state index is 11.7. The van der Waals surface area contributed by atoms with Gasteiger partial charge < -0.3 is 19.9 Å². The molecule has 0 aromatic rings. The minimum atomic E-state index is -0.186. The number of hydrogen-bond donors (Lipinski definition) is 1. The molecule has 0 radical (unpaired) electrons. The van der Waals surface area contributed by atoms with Gasteiger partial charge in [-0.3, -0.25) is 4.79 Å². The average molecular weight is 271 g/mol. The summed E-state index contributed by atoms with van der Waals surface area (Å²) in [7, 11) is 6.15. The van der Waals surface area contributed by atoms with Crippen molar-refractivity contribution in [1.82, 2.24) is 15.1 Å². The van der Waals surface area contributed by atoms with Crippen molar-refractivity contribution in [1.29, 1.82) is 0 Å². The van der Waals surface area contributed by atoms with Gasteiger partial charge in [0.05, 0.1) is 6.61 Å². The van der Waals surface area contributed by atoms with Crippen molar-refractivity contribution in [3.8, 4) is 0 Å². The Morgan fingerprint density at radius 3 is 2.63 bits per heavy atom. The highest BCUT2D eigenvalue weighted by Crippen LogP contribution is 2.14. The van der Waals surface area contributed by atoms with Crippen molar-refractivity contribution in [2.75, 3.05) is 47.4 Å². The summed E-state index contributed by atoms with van der Waals surface area (Å²) < 4.78 is 5.06. The highest BCUT2D eigenvalue weighted by molar-refractivity contribution is 5.75. The number of nitrogens with one attached hydrogen (secondary N) is 1. The van der Waals surface area contributed by atoms with Crippen molar-refractivity contribution in [3.63, 3.8) is 0 Å². The van der Waals surface area contributed by atoms with Crippen LogP contribution >= 0.6 is 0 Å². The Labute approximate surface area is 117 Å². The van der Waals surface area contributed by atoms with Crippen molar-refractivity contribution in [3.05, 3.63) is 0 Å². The maximum absolute atomic E-state index is 11.7. The van der Waals surface area contributed by atoms with Gasteiger partial charge in [0.15, 0.2) is 0 Å². The number of rotatable bonds is 7. The molecule has 0 aliphatic carbocycles. The number of nitrogens with zero attached hydrogens (tertiary/aromatic N) is 2. The quantitative estimate of drug-likeness (QED) is 0.685. The molecule has 1 N–H and O–H groups in total. The second kappa shape index (κ2) is 8.51. The number of hydrogen-bond acceptors (Lipinski definition) is 5. The molecule has 1 unspecified atom stereocenters. The number of esters is 1. The molecule has 0 aromatic carbocycles. The predicted molar refractivity (Wildman–Crippen MR) is 77.2 cm³/mol.